The molecule has 4 nitrogen and oxygen atoms in total. The first-order chi connectivity index (χ1) is 10.0. The van der Waals surface area contributed by atoms with Gasteiger partial charge in [0.15, 0.2) is 0 Å². The Bertz CT molecular complexity index is 426. The number of rotatable bonds is 3. The molecule has 0 radical (unpaired) electrons. The molecule has 1 heterocycles. The zero-order valence-corrected chi connectivity index (χ0v) is 13.3. The van der Waals surface area contributed by atoms with Crippen molar-refractivity contribution in [3.05, 3.63) is 0 Å². The molecule has 3 aliphatic rings. The van der Waals surface area contributed by atoms with E-state index in [9.17, 15) is 9.59 Å². The van der Waals surface area contributed by atoms with Gasteiger partial charge >= 0.3 is 0 Å². The summed E-state index contributed by atoms with van der Waals surface area (Å²) in [5.41, 5.74) is 5.69. The molecule has 0 spiro atoms. The zero-order valence-electron chi connectivity index (χ0n) is 13.3. The van der Waals surface area contributed by atoms with Crippen LogP contribution in [0.25, 0.3) is 0 Å². The maximum absolute atomic E-state index is 12.9. The predicted octanol–water partition coefficient (Wildman–Crippen LogP) is 2.32. The van der Waals surface area contributed by atoms with Crippen LogP contribution in [-0.2, 0) is 9.59 Å². The summed E-state index contributed by atoms with van der Waals surface area (Å²) in [5, 5.41) is 0. The molecule has 3 rings (SSSR count). The summed E-state index contributed by atoms with van der Waals surface area (Å²) in [7, 11) is 0. The number of hydrogen-bond acceptors (Lipinski definition) is 3. The maximum atomic E-state index is 12.9. The number of carbonyl (C=O) groups excluding carboxylic acids is 2. The van der Waals surface area contributed by atoms with E-state index in [0.29, 0.717) is 18.4 Å². The average molecular weight is 292 g/mol. The smallest absolute Gasteiger partial charge is 0.233 e. The van der Waals surface area contributed by atoms with Crippen molar-refractivity contribution < 1.29 is 9.59 Å². The molecule has 2 N–H and O–H groups in total. The second-order valence-electron chi connectivity index (χ2n) is 7.43. The molecule has 4 heteroatoms. The van der Waals surface area contributed by atoms with Gasteiger partial charge in [0.2, 0.25) is 11.8 Å². The standard InChI is InChI=1S/C17H28N2O2/c1-3-12-8-13-14(9-12)16(21)19(15(13)20)17(10-18)7-5-4-6-11(17)2/h11-14H,3-10,18H2,1-2H3. The maximum Gasteiger partial charge on any atom is 0.233 e. The number of likely N-dealkylation sites (tertiary alicyclic amines) is 1. The van der Waals surface area contributed by atoms with Crippen molar-refractivity contribution in [1.29, 1.82) is 0 Å². The molecule has 0 aromatic carbocycles. The highest BCUT2D eigenvalue weighted by atomic mass is 16.2. The average Bonchev–Trinajstić information content (AvgIpc) is 3.01. The van der Waals surface area contributed by atoms with Gasteiger partial charge in [0.05, 0.1) is 17.4 Å². The molecule has 4 atom stereocenters. The summed E-state index contributed by atoms with van der Waals surface area (Å²) >= 11 is 0. The minimum atomic E-state index is -0.404. The van der Waals surface area contributed by atoms with Gasteiger partial charge in [-0.15, -0.1) is 0 Å². The molecule has 0 bridgehead atoms. The molecular formula is C17H28N2O2. The van der Waals surface area contributed by atoms with E-state index < -0.39 is 5.54 Å². The summed E-state index contributed by atoms with van der Waals surface area (Å²) < 4.78 is 0. The van der Waals surface area contributed by atoms with Crippen LogP contribution >= 0.6 is 0 Å². The minimum Gasteiger partial charge on any atom is -0.328 e. The third kappa shape index (κ3) is 2.06. The van der Waals surface area contributed by atoms with E-state index in [0.717, 1.165) is 38.5 Å². The van der Waals surface area contributed by atoms with Crippen LogP contribution in [0.3, 0.4) is 0 Å². The first kappa shape index (κ1) is 15.0. The molecular weight excluding hydrogens is 264 g/mol. The Morgan fingerprint density at radius 1 is 1.19 bits per heavy atom. The van der Waals surface area contributed by atoms with Crippen molar-refractivity contribution in [3.63, 3.8) is 0 Å². The Morgan fingerprint density at radius 2 is 1.81 bits per heavy atom. The van der Waals surface area contributed by atoms with Gasteiger partial charge in [-0.1, -0.05) is 33.1 Å². The third-order valence-electron chi connectivity index (χ3n) is 6.53. The summed E-state index contributed by atoms with van der Waals surface area (Å²) in [6.07, 6.45) is 7.09. The van der Waals surface area contributed by atoms with Crippen molar-refractivity contribution in [1.82, 2.24) is 4.90 Å². The van der Waals surface area contributed by atoms with Crippen LogP contribution in [0.2, 0.25) is 0 Å². The molecule has 21 heavy (non-hydrogen) atoms. The highest BCUT2D eigenvalue weighted by molar-refractivity contribution is 6.06. The van der Waals surface area contributed by atoms with E-state index in [1.165, 1.54) is 6.42 Å². The van der Waals surface area contributed by atoms with Crippen LogP contribution < -0.4 is 5.73 Å². The van der Waals surface area contributed by atoms with Gasteiger partial charge in [0.1, 0.15) is 0 Å². The summed E-state index contributed by atoms with van der Waals surface area (Å²) in [6.45, 7) is 4.74. The largest absolute Gasteiger partial charge is 0.328 e. The van der Waals surface area contributed by atoms with Crippen LogP contribution in [0.5, 0.6) is 0 Å². The topological polar surface area (TPSA) is 63.4 Å². The van der Waals surface area contributed by atoms with Gasteiger partial charge in [-0.3, -0.25) is 14.5 Å². The van der Waals surface area contributed by atoms with Crippen molar-refractivity contribution in [2.75, 3.05) is 6.54 Å². The first-order valence-electron chi connectivity index (χ1n) is 8.63. The Morgan fingerprint density at radius 3 is 2.29 bits per heavy atom. The number of amides is 2. The SMILES string of the molecule is CCC1CC2C(=O)N(C3(CN)CCCCC3C)C(=O)C2C1. The fraction of sp³-hybridized carbons (Fsp3) is 0.882. The number of nitrogens with zero attached hydrogens (tertiary/aromatic N) is 1. The third-order valence-corrected chi connectivity index (χ3v) is 6.53. The number of carbonyl (C=O) groups is 2. The van der Waals surface area contributed by atoms with Crippen LogP contribution in [-0.4, -0.2) is 28.8 Å². The monoisotopic (exact) mass is 292 g/mol. The summed E-state index contributed by atoms with van der Waals surface area (Å²) in [6, 6.07) is 0. The second kappa shape index (κ2) is 5.38. The highest BCUT2D eigenvalue weighted by Crippen LogP contribution is 2.49. The van der Waals surface area contributed by atoms with E-state index in [4.69, 9.17) is 5.73 Å². The van der Waals surface area contributed by atoms with Crippen LogP contribution in [0, 0.1) is 23.7 Å². The number of fused-ring (bicyclic) bond motifs is 1. The Hall–Kier alpha value is -0.900. The quantitative estimate of drug-likeness (QED) is 0.812. The van der Waals surface area contributed by atoms with Gasteiger partial charge in [-0.2, -0.15) is 0 Å². The van der Waals surface area contributed by atoms with Gasteiger partial charge in [0, 0.05) is 6.54 Å². The first-order valence-corrected chi connectivity index (χ1v) is 8.63. The molecule has 1 aliphatic heterocycles. The fourth-order valence-electron chi connectivity index (χ4n) is 5.02. The predicted molar refractivity (Wildman–Crippen MR) is 81.3 cm³/mol. The fourth-order valence-corrected chi connectivity index (χ4v) is 5.02. The van der Waals surface area contributed by atoms with Gasteiger partial charge < -0.3 is 5.73 Å². The van der Waals surface area contributed by atoms with E-state index in [1.807, 2.05) is 0 Å². The highest BCUT2D eigenvalue weighted by Gasteiger charge is 2.59. The lowest BCUT2D eigenvalue weighted by molar-refractivity contribution is -0.151. The second-order valence-corrected chi connectivity index (χ2v) is 7.43. The molecule has 4 unspecified atom stereocenters. The van der Waals surface area contributed by atoms with Crippen molar-refractivity contribution in [2.45, 2.75) is 64.3 Å². The minimum absolute atomic E-state index is 0.0556. The van der Waals surface area contributed by atoms with E-state index >= 15 is 0 Å². The number of imide groups is 1. The van der Waals surface area contributed by atoms with Crippen LogP contribution in [0.1, 0.15) is 58.8 Å². The van der Waals surface area contributed by atoms with Crippen molar-refractivity contribution in [3.8, 4) is 0 Å². The molecule has 0 aromatic rings. The molecule has 2 saturated carbocycles. The molecule has 118 valence electrons. The molecule has 2 amide bonds. The van der Waals surface area contributed by atoms with Crippen LogP contribution in [0.4, 0.5) is 0 Å². The molecule has 0 aromatic heterocycles. The number of hydrogen-bond donors (Lipinski definition) is 1. The van der Waals surface area contributed by atoms with Gasteiger partial charge in [-0.25, -0.2) is 0 Å². The molecule has 2 aliphatic carbocycles. The molecule has 1 saturated heterocycles. The molecule has 3 fully saturated rings. The van der Waals surface area contributed by atoms with Gasteiger partial charge in [-0.05, 0) is 37.5 Å². The summed E-state index contributed by atoms with van der Waals surface area (Å²) in [5.74, 6) is 0.929. The summed E-state index contributed by atoms with van der Waals surface area (Å²) in [4.78, 5) is 27.5. The lowest BCUT2D eigenvalue weighted by atomic mass is 9.72. The normalized spacial score (nSPS) is 43.5. The van der Waals surface area contributed by atoms with Crippen molar-refractivity contribution >= 4 is 11.8 Å². The Balaban J connectivity index is 1.90. The zero-order chi connectivity index (χ0) is 15.2. The van der Waals surface area contributed by atoms with Gasteiger partial charge in [0.25, 0.3) is 0 Å². The number of nitrogens with two attached hydrogens (primary N) is 1. The Labute approximate surface area is 127 Å². The lowest BCUT2D eigenvalue weighted by Gasteiger charge is -2.47. The van der Waals surface area contributed by atoms with Crippen LogP contribution in [0.15, 0.2) is 0 Å². The Kier molecular flexibility index (Phi) is 3.85. The van der Waals surface area contributed by atoms with E-state index in [1.54, 1.807) is 4.90 Å². The van der Waals surface area contributed by atoms with E-state index in [-0.39, 0.29) is 23.7 Å². The lowest BCUT2D eigenvalue weighted by Crippen LogP contribution is -2.61. The van der Waals surface area contributed by atoms with E-state index in [2.05, 4.69) is 13.8 Å². The van der Waals surface area contributed by atoms with Crippen molar-refractivity contribution in [2.24, 2.45) is 29.4 Å².